The molecule has 7 heteroatoms. The lowest BCUT2D eigenvalue weighted by Gasteiger charge is -2.29. The molecular weight excluding hydrogens is 412 g/mol. The van der Waals surface area contributed by atoms with E-state index >= 15 is 0 Å². The third-order valence-electron chi connectivity index (χ3n) is 6.83. The maximum Gasteiger partial charge on any atom is 0.303 e. The molecule has 0 aromatic rings. The first kappa shape index (κ1) is 25.6. The number of hydrogen-bond donors (Lipinski definition) is 2. The number of carbonyl (C=O) groups is 1. The van der Waals surface area contributed by atoms with Crippen molar-refractivity contribution in [3.05, 3.63) is 12.2 Å². The standard InChI is InChI=1S/C25H42O7/c26-21-18-22(32-25-13-7-10-16-31-25)19(20(21)17-23(27)28)11-5-3-1-2-4-8-14-29-24-12-6-9-15-30-24/h5,11,19-22,24-26H,1-4,6-10,12-18H2,(H,27,28)/t19-,20-,21+,22+,24?,25?/m1/s1. The minimum Gasteiger partial charge on any atom is -0.481 e. The van der Waals surface area contributed by atoms with Crippen molar-refractivity contribution in [2.75, 3.05) is 19.8 Å². The van der Waals surface area contributed by atoms with Crippen LogP contribution in [0.15, 0.2) is 12.2 Å². The minimum atomic E-state index is -0.872. The van der Waals surface area contributed by atoms with Crippen LogP contribution in [0.5, 0.6) is 0 Å². The van der Waals surface area contributed by atoms with Gasteiger partial charge in [-0.2, -0.15) is 0 Å². The minimum absolute atomic E-state index is 0.00127. The molecule has 2 aliphatic heterocycles. The van der Waals surface area contributed by atoms with Gasteiger partial charge in [0.2, 0.25) is 0 Å². The van der Waals surface area contributed by atoms with Crippen LogP contribution in [0, 0.1) is 11.8 Å². The molecule has 0 bridgehead atoms. The molecule has 2 saturated heterocycles. The van der Waals surface area contributed by atoms with Gasteiger partial charge >= 0.3 is 5.97 Å². The van der Waals surface area contributed by atoms with E-state index in [1.165, 1.54) is 6.42 Å². The molecule has 1 aliphatic carbocycles. The number of carboxylic acids is 1. The van der Waals surface area contributed by atoms with Gasteiger partial charge in [-0.1, -0.05) is 25.0 Å². The summed E-state index contributed by atoms with van der Waals surface area (Å²) < 4.78 is 23.2. The van der Waals surface area contributed by atoms with Crippen molar-refractivity contribution < 1.29 is 34.0 Å². The first-order chi connectivity index (χ1) is 15.6. The summed E-state index contributed by atoms with van der Waals surface area (Å²) in [6.45, 7) is 2.29. The summed E-state index contributed by atoms with van der Waals surface area (Å²) in [4.78, 5) is 11.3. The molecule has 184 valence electrons. The van der Waals surface area contributed by atoms with E-state index in [4.69, 9.17) is 18.9 Å². The number of allylic oxidation sites excluding steroid dienone is 1. The van der Waals surface area contributed by atoms with Gasteiger partial charge in [-0.05, 0) is 57.8 Å². The Hall–Kier alpha value is -0.990. The molecule has 2 N–H and O–H groups in total. The Bertz CT molecular complexity index is 554. The number of unbranched alkanes of at least 4 members (excludes halogenated alkanes) is 4. The predicted molar refractivity (Wildman–Crippen MR) is 120 cm³/mol. The zero-order chi connectivity index (χ0) is 22.6. The monoisotopic (exact) mass is 454 g/mol. The van der Waals surface area contributed by atoms with E-state index in [2.05, 4.69) is 12.2 Å². The fraction of sp³-hybridized carbons (Fsp3) is 0.880. The fourth-order valence-corrected chi connectivity index (χ4v) is 5.03. The van der Waals surface area contributed by atoms with Crippen molar-refractivity contribution in [1.82, 2.24) is 0 Å². The Labute approximate surface area is 192 Å². The van der Waals surface area contributed by atoms with Crippen LogP contribution in [-0.2, 0) is 23.7 Å². The molecule has 6 atom stereocenters. The molecule has 0 aromatic carbocycles. The second kappa shape index (κ2) is 14.3. The number of aliphatic hydroxyl groups is 1. The van der Waals surface area contributed by atoms with Crippen LogP contribution in [0.3, 0.4) is 0 Å². The molecule has 0 radical (unpaired) electrons. The first-order valence-electron chi connectivity index (χ1n) is 12.7. The van der Waals surface area contributed by atoms with Gasteiger partial charge in [0.1, 0.15) is 0 Å². The summed E-state index contributed by atoms with van der Waals surface area (Å²) in [6, 6.07) is 0. The number of rotatable bonds is 13. The predicted octanol–water partition coefficient (Wildman–Crippen LogP) is 4.42. The zero-order valence-corrected chi connectivity index (χ0v) is 19.4. The summed E-state index contributed by atoms with van der Waals surface area (Å²) in [7, 11) is 0. The average molecular weight is 455 g/mol. The quantitative estimate of drug-likeness (QED) is 0.314. The van der Waals surface area contributed by atoms with E-state index in [1.807, 2.05) is 0 Å². The maximum atomic E-state index is 11.3. The Balaban J connectivity index is 1.36. The molecule has 0 aromatic heterocycles. The number of hydrogen-bond acceptors (Lipinski definition) is 6. The highest BCUT2D eigenvalue weighted by atomic mass is 16.7. The lowest BCUT2D eigenvalue weighted by atomic mass is 9.90. The SMILES string of the molecule is O=C(O)C[C@@H]1[C@@H](C=CCCCCCCOC2CCCCO2)[C@@H](OC2CCCCO2)C[C@@H]1O. The van der Waals surface area contributed by atoms with Crippen LogP contribution < -0.4 is 0 Å². The molecule has 3 aliphatic rings. The Morgan fingerprint density at radius 3 is 2.38 bits per heavy atom. The van der Waals surface area contributed by atoms with Gasteiger partial charge in [0, 0.05) is 38.1 Å². The third-order valence-corrected chi connectivity index (χ3v) is 6.83. The Morgan fingerprint density at radius 1 is 0.969 bits per heavy atom. The van der Waals surface area contributed by atoms with Crippen LogP contribution in [0.4, 0.5) is 0 Å². The molecular formula is C25H42O7. The third kappa shape index (κ3) is 8.75. The number of aliphatic hydroxyl groups excluding tert-OH is 1. The van der Waals surface area contributed by atoms with Crippen molar-refractivity contribution in [3.63, 3.8) is 0 Å². The normalized spacial score (nSPS) is 33.7. The second-order valence-corrected chi connectivity index (χ2v) is 9.41. The topological polar surface area (TPSA) is 94.5 Å². The number of carboxylic acid groups (broad SMARTS) is 1. The van der Waals surface area contributed by atoms with E-state index in [9.17, 15) is 15.0 Å². The zero-order valence-electron chi connectivity index (χ0n) is 19.4. The largest absolute Gasteiger partial charge is 0.481 e. The van der Waals surface area contributed by atoms with Crippen molar-refractivity contribution >= 4 is 5.97 Å². The molecule has 7 nitrogen and oxygen atoms in total. The summed E-state index contributed by atoms with van der Waals surface area (Å²) >= 11 is 0. The smallest absolute Gasteiger partial charge is 0.303 e. The van der Waals surface area contributed by atoms with Crippen LogP contribution in [0.1, 0.15) is 83.5 Å². The summed E-state index contributed by atoms with van der Waals surface area (Å²) in [5, 5.41) is 19.8. The highest BCUT2D eigenvalue weighted by molar-refractivity contribution is 5.67. The van der Waals surface area contributed by atoms with Crippen molar-refractivity contribution in [3.8, 4) is 0 Å². The van der Waals surface area contributed by atoms with E-state index in [0.29, 0.717) is 13.0 Å². The van der Waals surface area contributed by atoms with Crippen LogP contribution in [0.25, 0.3) is 0 Å². The summed E-state index contributed by atoms with van der Waals surface area (Å²) in [5.74, 6) is -1.27. The molecule has 32 heavy (non-hydrogen) atoms. The van der Waals surface area contributed by atoms with Crippen LogP contribution in [0.2, 0.25) is 0 Å². The fourth-order valence-electron chi connectivity index (χ4n) is 5.03. The molecule has 1 saturated carbocycles. The van der Waals surface area contributed by atoms with Crippen molar-refractivity contribution in [2.24, 2.45) is 11.8 Å². The molecule has 3 rings (SSSR count). The lowest BCUT2D eigenvalue weighted by Crippen LogP contribution is -2.31. The van der Waals surface area contributed by atoms with Crippen molar-refractivity contribution in [1.29, 1.82) is 0 Å². The van der Waals surface area contributed by atoms with Crippen molar-refractivity contribution in [2.45, 2.75) is 108 Å². The van der Waals surface area contributed by atoms with Gasteiger partial charge in [-0.25, -0.2) is 0 Å². The Kier molecular flexibility index (Phi) is 11.5. The maximum absolute atomic E-state index is 11.3. The molecule has 0 amide bonds. The van der Waals surface area contributed by atoms with Gasteiger partial charge in [0.25, 0.3) is 0 Å². The molecule has 0 spiro atoms. The lowest BCUT2D eigenvalue weighted by molar-refractivity contribution is -0.193. The van der Waals surface area contributed by atoms with Gasteiger partial charge in [0.15, 0.2) is 12.6 Å². The molecule has 3 fully saturated rings. The van der Waals surface area contributed by atoms with Gasteiger partial charge < -0.3 is 29.2 Å². The Morgan fingerprint density at radius 2 is 1.69 bits per heavy atom. The summed E-state index contributed by atoms with van der Waals surface area (Å²) in [6.07, 6.45) is 15.3. The number of ether oxygens (including phenoxy) is 4. The second-order valence-electron chi connectivity index (χ2n) is 9.41. The van der Waals surface area contributed by atoms with Gasteiger partial charge in [0.05, 0.1) is 18.6 Å². The highest BCUT2D eigenvalue weighted by Crippen LogP contribution is 2.39. The highest BCUT2D eigenvalue weighted by Gasteiger charge is 2.43. The average Bonchev–Trinajstić information content (AvgIpc) is 3.07. The first-order valence-corrected chi connectivity index (χ1v) is 12.7. The molecule has 2 heterocycles. The molecule has 2 unspecified atom stereocenters. The number of aliphatic carboxylic acids is 1. The summed E-state index contributed by atoms with van der Waals surface area (Å²) in [5.41, 5.74) is 0. The van der Waals surface area contributed by atoms with E-state index in [1.54, 1.807) is 0 Å². The van der Waals surface area contributed by atoms with E-state index in [-0.39, 0.29) is 36.9 Å². The van der Waals surface area contributed by atoms with E-state index < -0.39 is 12.1 Å². The van der Waals surface area contributed by atoms with Gasteiger partial charge in [-0.3, -0.25) is 4.79 Å². The van der Waals surface area contributed by atoms with Crippen LogP contribution in [-0.4, -0.2) is 60.8 Å². The van der Waals surface area contributed by atoms with E-state index in [0.717, 1.165) is 77.4 Å². The van der Waals surface area contributed by atoms with Gasteiger partial charge in [-0.15, -0.1) is 0 Å². The van der Waals surface area contributed by atoms with Crippen LogP contribution >= 0.6 is 0 Å².